The molecule has 0 aliphatic heterocycles. The molecule has 0 aliphatic rings. The number of benzene rings is 3. The fourth-order valence-electron chi connectivity index (χ4n) is 3.10. The summed E-state index contributed by atoms with van der Waals surface area (Å²) in [5, 5.41) is 6.72. The molecule has 0 saturated heterocycles. The molecule has 1 amide bonds. The maximum Gasteiger partial charge on any atom is 0.264 e. The summed E-state index contributed by atoms with van der Waals surface area (Å²) in [6.07, 6.45) is 0. The molecule has 0 radical (unpaired) electrons. The van der Waals surface area contributed by atoms with Crippen molar-refractivity contribution >= 4 is 50.5 Å². The van der Waals surface area contributed by atoms with Crippen LogP contribution in [0.1, 0.15) is 5.56 Å². The third kappa shape index (κ3) is 5.22. The maximum absolute atomic E-state index is 12.2. The zero-order valence-electron chi connectivity index (χ0n) is 17.5. The summed E-state index contributed by atoms with van der Waals surface area (Å²) in [6, 6.07) is 21.2. The minimum Gasteiger partial charge on any atom is -0.495 e. The Balaban J connectivity index is 1.43. The lowest BCUT2D eigenvalue weighted by Crippen LogP contribution is -2.37. The molecule has 8 heteroatoms. The number of aromatic nitrogens is 1. The predicted octanol–water partition coefficient (Wildman–Crippen LogP) is 5.17. The Kier molecular flexibility index (Phi) is 6.63. The number of nitrogens with one attached hydrogen (secondary N) is 2. The third-order valence-electron chi connectivity index (χ3n) is 4.60. The largest absolute Gasteiger partial charge is 0.495 e. The molecule has 6 nitrogen and oxygen atoms in total. The molecule has 0 saturated carbocycles. The van der Waals surface area contributed by atoms with Gasteiger partial charge in [-0.3, -0.25) is 10.1 Å². The minimum atomic E-state index is -0.356. The molecule has 1 heterocycles. The zero-order valence-corrected chi connectivity index (χ0v) is 19.2. The summed E-state index contributed by atoms with van der Waals surface area (Å²) in [7, 11) is 1.58. The molecular formula is C24H21N3O3S2. The Morgan fingerprint density at radius 2 is 1.94 bits per heavy atom. The van der Waals surface area contributed by atoms with Gasteiger partial charge in [0.05, 0.1) is 23.0 Å². The molecule has 0 unspecified atom stereocenters. The number of thiocarbonyl (C=S) groups is 1. The van der Waals surface area contributed by atoms with Gasteiger partial charge in [0, 0.05) is 5.56 Å². The third-order valence-corrected chi connectivity index (χ3v) is 5.89. The fraction of sp³-hybridized carbons (Fsp3) is 0.125. The summed E-state index contributed by atoms with van der Waals surface area (Å²) in [5.74, 6) is 0.872. The Bertz CT molecular complexity index is 1250. The highest BCUT2D eigenvalue weighted by molar-refractivity contribution is 7.80. The highest BCUT2D eigenvalue weighted by Crippen LogP contribution is 2.34. The van der Waals surface area contributed by atoms with Crippen LogP contribution in [0.3, 0.4) is 0 Å². The molecule has 0 spiro atoms. The standard InChI is InChI=1S/C24H21N3O3S2/c1-15-6-5-7-17(12-15)30-14-22(28)27-24(31)26-19-13-16(10-11-20(19)29-2)23-25-18-8-3-4-9-21(18)32-23/h3-13H,14H2,1-2H3,(H2,26,27,28,31). The lowest BCUT2D eigenvalue weighted by molar-refractivity contribution is -0.121. The lowest BCUT2D eigenvalue weighted by atomic mass is 10.2. The highest BCUT2D eigenvalue weighted by atomic mass is 32.1. The number of anilines is 1. The molecule has 0 atom stereocenters. The molecule has 0 aliphatic carbocycles. The second-order valence-electron chi connectivity index (χ2n) is 7.01. The molecular weight excluding hydrogens is 442 g/mol. The van der Waals surface area contributed by atoms with Gasteiger partial charge in [0.25, 0.3) is 5.91 Å². The number of hydrogen-bond acceptors (Lipinski definition) is 6. The van der Waals surface area contributed by atoms with E-state index in [0.29, 0.717) is 17.2 Å². The molecule has 1 aromatic heterocycles. The molecule has 4 aromatic rings. The van der Waals surface area contributed by atoms with Gasteiger partial charge in [-0.2, -0.15) is 0 Å². The molecule has 162 valence electrons. The molecule has 0 bridgehead atoms. The Labute approximate surface area is 195 Å². The van der Waals surface area contributed by atoms with Crippen molar-refractivity contribution in [1.82, 2.24) is 10.3 Å². The van der Waals surface area contributed by atoms with E-state index in [0.717, 1.165) is 26.4 Å². The van der Waals surface area contributed by atoms with E-state index in [1.54, 1.807) is 24.5 Å². The van der Waals surface area contributed by atoms with Gasteiger partial charge in [0.2, 0.25) is 0 Å². The average molecular weight is 464 g/mol. The van der Waals surface area contributed by atoms with Crippen molar-refractivity contribution in [2.45, 2.75) is 6.92 Å². The second kappa shape index (κ2) is 9.76. The van der Waals surface area contributed by atoms with Crippen molar-refractivity contribution in [3.8, 4) is 22.1 Å². The number of thiazole rings is 1. The van der Waals surface area contributed by atoms with Crippen molar-refractivity contribution in [2.24, 2.45) is 0 Å². The summed E-state index contributed by atoms with van der Waals surface area (Å²) < 4.78 is 12.1. The minimum absolute atomic E-state index is 0.145. The fourth-order valence-corrected chi connectivity index (χ4v) is 4.29. The van der Waals surface area contributed by atoms with E-state index >= 15 is 0 Å². The Morgan fingerprint density at radius 1 is 1.09 bits per heavy atom. The van der Waals surface area contributed by atoms with E-state index in [9.17, 15) is 4.79 Å². The van der Waals surface area contributed by atoms with E-state index < -0.39 is 0 Å². The first-order valence-corrected chi connectivity index (χ1v) is 11.1. The number of fused-ring (bicyclic) bond motifs is 1. The van der Waals surface area contributed by atoms with Crippen LogP contribution in [0.4, 0.5) is 5.69 Å². The summed E-state index contributed by atoms with van der Waals surface area (Å²) >= 11 is 6.93. The van der Waals surface area contributed by atoms with Crippen LogP contribution < -0.4 is 20.1 Å². The molecule has 3 aromatic carbocycles. The van der Waals surface area contributed by atoms with Crippen LogP contribution in [0.5, 0.6) is 11.5 Å². The predicted molar refractivity (Wildman–Crippen MR) is 133 cm³/mol. The first-order valence-electron chi connectivity index (χ1n) is 9.86. The summed E-state index contributed by atoms with van der Waals surface area (Å²) in [6.45, 7) is 1.82. The highest BCUT2D eigenvalue weighted by Gasteiger charge is 2.12. The van der Waals surface area contributed by atoms with Crippen LogP contribution >= 0.6 is 23.6 Å². The Morgan fingerprint density at radius 3 is 2.72 bits per heavy atom. The number of amides is 1. The molecule has 4 rings (SSSR count). The van der Waals surface area contributed by atoms with Crippen LogP contribution in [0.25, 0.3) is 20.8 Å². The van der Waals surface area contributed by atoms with Gasteiger partial charge >= 0.3 is 0 Å². The van der Waals surface area contributed by atoms with Gasteiger partial charge < -0.3 is 14.8 Å². The Hall–Kier alpha value is -3.49. The monoisotopic (exact) mass is 463 g/mol. The summed E-state index contributed by atoms with van der Waals surface area (Å²) in [5.41, 5.74) is 3.56. The quantitative estimate of drug-likeness (QED) is 0.384. The molecule has 32 heavy (non-hydrogen) atoms. The van der Waals surface area contributed by atoms with Gasteiger partial charge in [-0.15, -0.1) is 11.3 Å². The second-order valence-corrected chi connectivity index (χ2v) is 8.45. The van der Waals surface area contributed by atoms with E-state index in [4.69, 9.17) is 26.7 Å². The number of carbonyl (C=O) groups excluding carboxylic acids is 1. The van der Waals surface area contributed by atoms with Gasteiger partial charge in [-0.05, 0) is 67.2 Å². The molecule has 2 N–H and O–H groups in total. The number of carbonyl (C=O) groups is 1. The van der Waals surface area contributed by atoms with Crippen LogP contribution in [0.15, 0.2) is 66.7 Å². The van der Waals surface area contributed by atoms with E-state index in [-0.39, 0.29) is 17.6 Å². The molecule has 0 fully saturated rings. The summed E-state index contributed by atoms with van der Waals surface area (Å²) in [4.78, 5) is 16.9. The first-order chi connectivity index (χ1) is 15.5. The van der Waals surface area contributed by atoms with E-state index in [1.807, 2.05) is 67.6 Å². The van der Waals surface area contributed by atoms with Crippen molar-refractivity contribution in [3.05, 3.63) is 72.3 Å². The SMILES string of the molecule is COc1ccc(-c2nc3ccccc3s2)cc1NC(=S)NC(=O)COc1cccc(C)c1. The number of aryl methyl sites for hydroxylation is 1. The first kappa shape index (κ1) is 21.7. The van der Waals surface area contributed by atoms with Crippen molar-refractivity contribution < 1.29 is 14.3 Å². The van der Waals surface area contributed by atoms with Crippen LogP contribution in [-0.4, -0.2) is 29.7 Å². The van der Waals surface area contributed by atoms with Gasteiger partial charge in [-0.25, -0.2) is 4.98 Å². The van der Waals surface area contributed by atoms with Gasteiger partial charge in [0.1, 0.15) is 16.5 Å². The number of ether oxygens (including phenoxy) is 2. The van der Waals surface area contributed by atoms with Crippen molar-refractivity contribution in [2.75, 3.05) is 19.0 Å². The number of methoxy groups -OCH3 is 1. The van der Waals surface area contributed by atoms with Gasteiger partial charge in [0.15, 0.2) is 11.7 Å². The van der Waals surface area contributed by atoms with Crippen LogP contribution in [-0.2, 0) is 4.79 Å². The number of para-hydroxylation sites is 1. The van der Waals surface area contributed by atoms with E-state index in [1.165, 1.54) is 0 Å². The lowest BCUT2D eigenvalue weighted by Gasteiger charge is -2.14. The van der Waals surface area contributed by atoms with Crippen LogP contribution in [0, 0.1) is 6.92 Å². The number of hydrogen-bond donors (Lipinski definition) is 2. The topological polar surface area (TPSA) is 72.5 Å². The smallest absolute Gasteiger partial charge is 0.264 e. The van der Waals surface area contributed by atoms with Crippen molar-refractivity contribution in [3.63, 3.8) is 0 Å². The van der Waals surface area contributed by atoms with Crippen molar-refractivity contribution in [1.29, 1.82) is 0 Å². The van der Waals surface area contributed by atoms with Gasteiger partial charge in [-0.1, -0.05) is 24.3 Å². The van der Waals surface area contributed by atoms with Crippen LogP contribution in [0.2, 0.25) is 0 Å². The normalized spacial score (nSPS) is 10.6. The van der Waals surface area contributed by atoms with E-state index in [2.05, 4.69) is 10.6 Å². The number of rotatable bonds is 6. The average Bonchev–Trinajstić information content (AvgIpc) is 3.22. The maximum atomic E-state index is 12.2. The zero-order chi connectivity index (χ0) is 22.5. The number of nitrogens with zero attached hydrogens (tertiary/aromatic N) is 1.